The molecule has 0 aliphatic rings. The van der Waals surface area contributed by atoms with Crippen molar-refractivity contribution in [2.75, 3.05) is 0 Å². The molecule has 1 aromatic carbocycles. The van der Waals surface area contributed by atoms with Gasteiger partial charge in [0.05, 0.1) is 11.6 Å². The lowest BCUT2D eigenvalue weighted by molar-refractivity contribution is 0.279. The van der Waals surface area contributed by atoms with Crippen molar-refractivity contribution >= 4 is 23.4 Å². The molecule has 0 saturated heterocycles. The van der Waals surface area contributed by atoms with Crippen LogP contribution in [0.25, 0.3) is 0 Å². The molecule has 0 radical (unpaired) electrons. The molecule has 0 aliphatic heterocycles. The van der Waals surface area contributed by atoms with Gasteiger partial charge >= 0.3 is 0 Å². The number of halogens is 1. The van der Waals surface area contributed by atoms with Crippen LogP contribution in [0.4, 0.5) is 0 Å². The van der Waals surface area contributed by atoms with E-state index in [1.54, 1.807) is 23.9 Å². The zero-order valence-corrected chi connectivity index (χ0v) is 10.0. The van der Waals surface area contributed by atoms with Gasteiger partial charge in [-0.15, -0.1) is 5.10 Å². The molecule has 16 heavy (non-hydrogen) atoms. The SMILES string of the molecule is Cn1nnnc1Sc1c(Cl)cccc1CO. The molecule has 0 fully saturated rings. The molecule has 0 saturated carbocycles. The Morgan fingerprint density at radius 2 is 2.31 bits per heavy atom. The number of aryl methyl sites for hydroxylation is 1. The smallest absolute Gasteiger partial charge is 0.213 e. The van der Waals surface area contributed by atoms with E-state index in [2.05, 4.69) is 15.5 Å². The van der Waals surface area contributed by atoms with Gasteiger partial charge in [-0.3, -0.25) is 0 Å². The van der Waals surface area contributed by atoms with Crippen molar-refractivity contribution in [3.8, 4) is 0 Å². The first kappa shape index (κ1) is 11.4. The van der Waals surface area contributed by atoms with E-state index in [4.69, 9.17) is 11.6 Å². The first-order chi connectivity index (χ1) is 7.72. The zero-order chi connectivity index (χ0) is 11.5. The summed E-state index contributed by atoms with van der Waals surface area (Å²) < 4.78 is 1.55. The highest BCUT2D eigenvalue weighted by molar-refractivity contribution is 7.99. The Kier molecular flexibility index (Phi) is 3.42. The van der Waals surface area contributed by atoms with Crippen LogP contribution >= 0.6 is 23.4 Å². The van der Waals surface area contributed by atoms with Gasteiger partial charge in [0.2, 0.25) is 5.16 Å². The van der Waals surface area contributed by atoms with Gasteiger partial charge in [-0.1, -0.05) is 23.7 Å². The molecule has 7 heteroatoms. The number of rotatable bonds is 3. The van der Waals surface area contributed by atoms with Crippen LogP contribution in [0.1, 0.15) is 5.56 Å². The first-order valence-corrected chi connectivity index (χ1v) is 5.70. The predicted molar refractivity (Wildman–Crippen MR) is 60.3 cm³/mol. The molecule has 0 unspecified atom stereocenters. The molecule has 0 atom stereocenters. The lowest BCUT2D eigenvalue weighted by Crippen LogP contribution is -1.95. The molecule has 0 spiro atoms. The molecule has 1 heterocycles. The highest BCUT2D eigenvalue weighted by Gasteiger charge is 2.11. The zero-order valence-electron chi connectivity index (χ0n) is 8.46. The summed E-state index contributed by atoms with van der Waals surface area (Å²) in [5.74, 6) is 0. The van der Waals surface area contributed by atoms with Gasteiger partial charge in [-0.25, -0.2) is 4.68 Å². The van der Waals surface area contributed by atoms with Crippen molar-refractivity contribution in [2.45, 2.75) is 16.7 Å². The predicted octanol–water partition coefficient (Wildman–Crippen LogP) is 1.51. The second kappa shape index (κ2) is 4.82. The van der Waals surface area contributed by atoms with Crippen LogP contribution in [0.5, 0.6) is 0 Å². The van der Waals surface area contributed by atoms with Crippen molar-refractivity contribution in [3.63, 3.8) is 0 Å². The molecule has 0 bridgehead atoms. The number of hydrogen-bond donors (Lipinski definition) is 1. The highest BCUT2D eigenvalue weighted by atomic mass is 35.5. The van der Waals surface area contributed by atoms with Crippen LogP contribution in [0, 0.1) is 0 Å². The minimum atomic E-state index is -0.0613. The van der Waals surface area contributed by atoms with Crippen LogP contribution < -0.4 is 0 Å². The molecular formula is C9H9ClN4OS. The standard InChI is InChI=1S/C9H9ClN4OS/c1-14-9(11-12-13-14)16-8-6(5-15)3-2-4-7(8)10/h2-4,15H,5H2,1H3. The summed E-state index contributed by atoms with van der Waals surface area (Å²) in [6, 6.07) is 5.39. The van der Waals surface area contributed by atoms with Gasteiger partial charge in [-0.2, -0.15) is 0 Å². The fourth-order valence-electron chi connectivity index (χ4n) is 1.19. The van der Waals surface area contributed by atoms with E-state index in [1.807, 2.05) is 6.07 Å². The van der Waals surface area contributed by atoms with E-state index in [9.17, 15) is 5.11 Å². The molecule has 1 aromatic heterocycles. The van der Waals surface area contributed by atoms with Gasteiger partial charge in [0.1, 0.15) is 0 Å². The van der Waals surface area contributed by atoms with Crippen LogP contribution in [0.3, 0.4) is 0 Å². The highest BCUT2D eigenvalue weighted by Crippen LogP contribution is 2.34. The second-order valence-corrected chi connectivity index (χ2v) is 4.46. The summed E-state index contributed by atoms with van der Waals surface area (Å²) in [7, 11) is 1.75. The number of hydrogen-bond acceptors (Lipinski definition) is 5. The number of benzene rings is 1. The van der Waals surface area contributed by atoms with Gasteiger partial charge in [0.15, 0.2) is 0 Å². The van der Waals surface area contributed by atoms with E-state index in [0.717, 1.165) is 10.5 Å². The summed E-state index contributed by atoms with van der Waals surface area (Å²) in [5, 5.41) is 21.5. The Hall–Kier alpha value is -1.11. The van der Waals surface area contributed by atoms with E-state index >= 15 is 0 Å². The molecule has 84 valence electrons. The van der Waals surface area contributed by atoms with E-state index in [0.29, 0.717) is 10.2 Å². The van der Waals surface area contributed by atoms with Crippen molar-refractivity contribution in [3.05, 3.63) is 28.8 Å². The van der Waals surface area contributed by atoms with Crippen molar-refractivity contribution in [1.29, 1.82) is 0 Å². The number of aromatic nitrogens is 4. The largest absolute Gasteiger partial charge is 0.392 e. The Bertz CT molecular complexity index is 502. The van der Waals surface area contributed by atoms with Crippen molar-refractivity contribution < 1.29 is 5.11 Å². The van der Waals surface area contributed by atoms with Crippen molar-refractivity contribution in [1.82, 2.24) is 20.2 Å². The number of aliphatic hydroxyl groups is 1. The second-order valence-electron chi connectivity index (χ2n) is 3.07. The molecular weight excluding hydrogens is 248 g/mol. The van der Waals surface area contributed by atoms with E-state index in [1.165, 1.54) is 11.8 Å². The Balaban J connectivity index is 2.37. The Morgan fingerprint density at radius 3 is 2.94 bits per heavy atom. The summed E-state index contributed by atoms with van der Waals surface area (Å²) >= 11 is 7.40. The van der Waals surface area contributed by atoms with Crippen LogP contribution in [0.15, 0.2) is 28.3 Å². The summed E-state index contributed by atoms with van der Waals surface area (Å²) in [6.07, 6.45) is 0. The maximum Gasteiger partial charge on any atom is 0.213 e. The average Bonchev–Trinajstić information content (AvgIpc) is 2.67. The average molecular weight is 257 g/mol. The summed E-state index contributed by atoms with van der Waals surface area (Å²) in [5.41, 5.74) is 0.764. The Labute approximate surface area is 101 Å². The third-order valence-corrected chi connectivity index (χ3v) is 3.64. The molecule has 1 N–H and O–H groups in total. The third kappa shape index (κ3) is 2.18. The molecule has 0 aliphatic carbocycles. The maximum absolute atomic E-state index is 9.21. The molecule has 2 aromatic rings. The normalized spacial score (nSPS) is 10.7. The van der Waals surface area contributed by atoms with Crippen LogP contribution in [-0.2, 0) is 13.7 Å². The molecule has 2 rings (SSSR count). The van der Waals surface area contributed by atoms with Gasteiger partial charge < -0.3 is 5.11 Å². The maximum atomic E-state index is 9.21. The number of aliphatic hydroxyl groups excluding tert-OH is 1. The number of tetrazole rings is 1. The van der Waals surface area contributed by atoms with Gasteiger partial charge in [0, 0.05) is 11.9 Å². The summed E-state index contributed by atoms with van der Waals surface area (Å²) in [6.45, 7) is -0.0613. The lowest BCUT2D eigenvalue weighted by Gasteiger charge is -2.07. The number of nitrogens with zero attached hydrogens (tertiary/aromatic N) is 4. The van der Waals surface area contributed by atoms with E-state index in [-0.39, 0.29) is 6.61 Å². The van der Waals surface area contributed by atoms with Crippen molar-refractivity contribution in [2.24, 2.45) is 7.05 Å². The fourth-order valence-corrected chi connectivity index (χ4v) is 2.36. The third-order valence-electron chi connectivity index (χ3n) is 1.99. The Morgan fingerprint density at radius 1 is 1.50 bits per heavy atom. The minimum absolute atomic E-state index is 0.0613. The quantitative estimate of drug-likeness (QED) is 0.902. The topological polar surface area (TPSA) is 63.8 Å². The molecule has 5 nitrogen and oxygen atoms in total. The van der Waals surface area contributed by atoms with Gasteiger partial charge in [0.25, 0.3) is 0 Å². The van der Waals surface area contributed by atoms with Gasteiger partial charge in [-0.05, 0) is 33.8 Å². The van der Waals surface area contributed by atoms with E-state index < -0.39 is 0 Å². The fraction of sp³-hybridized carbons (Fsp3) is 0.222. The minimum Gasteiger partial charge on any atom is -0.392 e. The molecule has 0 amide bonds. The monoisotopic (exact) mass is 256 g/mol. The first-order valence-electron chi connectivity index (χ1n) is 4.51. The van der Waals surface area contributed by atoms with Crippen LogP contribution in [-0.4, -0.2) is 25.3 Å². The lowest BCUT2D eigenvalue weighted by atomic mass is 10.2. The summed E-state index contributed by atoms with van der Waals surface area (Å²) in [4.78, 5) is 0.782. The van der Waals surface area contributed by atoms with Crippen LogP contribution in [0.2, 0.25) is 5.02 Å².